The molecule has 6 nitrogen and oxygen atoms in total. The van der Waals surface area contributed by atoms with Crippen LogP contribution in [0.1, 0.15) is 36.6 Å². The molecule has 98 valence electrons. The molecule has 18 heavy (non-hydrogen) atoms. The highest BCUT2D eigenvalue weighted by molar-refractivity contribution is 7.32. The number of urea groups is 1. The molecule has 2 amide bonds. The molecule has 1 aliphatic rings. The average Bonchev–Trinajstić information content (AvgIpc) is 2.98. The maximum Gasteiger partial charge on any atom is 0.362 e. The van der Waals surface area contributed by atoms with Crippen LogP contribution in [0.25, 0.3) is 0 Å². The van der Waals surface area contributed by atoms with Gasteiger partial charge in [0.05, 0.1) is 12.5 Å². The van der Waals surface area contributed by atoms with Crippen molar-refractivity contribution in [2.24, 2.45) is 0 Å². The Morgan fingerprint density at radius 3 is 3.00 bits per heavy atom. The fourth-order valence-electron chi connectivity index (χ4n) is 2.10. The summed E-state index contributed by atoms with van der Waals surface area (Å²) < 4.78 is 2.87. The minimum absolute atomic E-state index is 0.0933. The lowest BCUT2D eigenvalue weighted by Gasteiger charge is -2.10. The number of aldehydes is 1. The summed E-state index contributed by atoms with van der Waals surface area (Å²) in [5.41, 5.74) is 1.68. The van der Waals surface area contributed by atoms with E-state index in [0.29, 0.717) is 12.2 Å². The van der Waals surface area contributed by atoms with E-state index in [0.717, 1.165) is 17.8 Å². The van der Waals surface area contributed by atoms with Gasteiger partial charge in [0.2, 0.25) is 0 Å². The SMILES string of the molecule is CN(CC=O)C(=O)N[s+]1cnnc1C1CCCC1. The normalized spacial score (nSPS) is 16.6. The first kappa shape index (κ1) is 12.9. The van der Waals surface area contributed by atoms with E-state index in [1.165, 1.54) is 17.7 Å². The number of rotatable bonds is 4. The van der Waals surface area contributed by atoms with Crippen LogP contribution in [0.3, 0.4) is 0 Å². The number of hydrogen-bond acceptors (Lipinski definition) is 4. The van der Waals surface area contributed by atoms with Crippen LogP contribution in [0, 0.1) is 0 Å². The second kappa shape index (κ2) is 5.90. The van der Waals surface area contributed by atoms with Gasteiger partial charge in [0, 0.05) is 7.05 Å². The van der Waals surface area contributed by atoms with Crippen molar-refractivity contribution < 1.29 is 9.59 Å². The number of amides is 2. The van der Waals surface area contributed by atoms with Crippen molar-refractivity contribution in [2.75, 3.05) is 18.3 Å². The Morgan fingerprint density at radius 1 is 1.61 bits per heavy atom. The van der Waals surface area contributed by atoms with Crippen LogP contribution in [0.4, 0.5) is 4.79 Å². The van der Waals surface area contributed by atoms with Crippen LogP contribution in [-0.2, 0) is 4.79 Å². The summed E-state index contributed by atoms with van der Waals surface area (Å²) in [6, 6.07) is -0.260. The molecule has 1 N–H and O–H groups in total. The van der Waals surface area contributed by atoms with E-state index in [1.54, 1.807) is 12.6 Å². The fraction of sp³-hybridized carbons (Fsp3) is 0.636. The van der Waals surface area contributed by atoms with Gasteiger partial charge in [-0.25, -0.2) is 4.79 Å². The first-order chi connectivity index (χ1) is 8.72. The number of nitrogens with one attached hydrogen (secondary N) is 1. The third-order valence-electron chi connectivity index (χ3n) is 3.13. The zero-order valence-corrected chi connectivity index (χ0v) is 11.2. The molecule has 0 radical (unpaired) electrons. The second-order valence-corrected chi connectivity index (χ2v) is 5.94. The topological polar surface area (TPSA) is 75.2 Å². The molecule has 1 unspecified atom stereocenters. The highest BCUT2D eigenvalue weighted by Gasteiger charge is 2.31. The van der Waals surface area contributed by atoms with Crippen LogP contribution in [0.15, 0.2) is 5.51 Å². The first-order valence-corrected chi connectivity index (χ1v) is 7.30. The van der Waals surface area contributed by atoms with Gasteiger partial charge in [-0.2, -0.15) is 0 Å². The largest absolute Gasteiger partial charge is 0.362 e. The number of likely N-dealkylation sites (N-methyl/N-ethyl adjacent to an activating group) is 1. The minimum Gasteiger partial charge on any atom is -0.317 e. The third kappa shape index (κ3) is 2.84. The van der Waals surface area contributed by atoms with Crippen molar-refractivity contribution in [1.29, 1.82) is 0 Å². The average molecular weight is 269 g/mol. The lowest BCUT2D eigenvalue weighted by atomic mass is 10.1. The van der Waals surface area contributed by atoms with Gasteiger partial charge in [0.25, 0.3) is 10.5 Å². The molecule has 0 spiro atoms. The predicted molar refractivity (Wildman–Crippen MR) is 69.2 cm³/mol. The van der Waals surface area contributed by atoms with Crippen molar-refractivity contribution in [3.05, 3.63) is 10.5 Å². The zero-order chi connectivity index (χ0) is 13.0. The highest BCUT2D eigenvalue weighted by Crippen LogP contribution is 2.38. The number of carbonyl (C=O) groups is 2. The lowest BCUT2D eigenvalue weighted by Crippen LogP contribution is -2.32. The molecule has 1 heterocycles. The van der Waals surface area contributed by atoms with Gasteiger partial charge >= 0.3 is 6.03 Å². The molecule has 1 saturated carbocycles. The number of hydrogen-bond donors (Lipinski definition) is 1. The van der Waals surface area contributed by atoms with Crippen molar-refractivity contribution in [3.8, 4) is 0 Å². The van der Waals surface area contributed by atoms with Crippen molar-refractivity contribution >= 4 is 23.0 Å². The number of nitrogens with zero attached hydrogens (tertiary/aromatic N) is 3. The summed E-state index contributed by atoms with van der Waals surface area (Å²) in [4.78, 5) is 23.5. The monoisotopic (exact) mass is 269 g/mol. The van der Waals surface area contributed by atoms with E-state index < -0.39 is 10.7 Å². The molecule has 2 rings (SSSR count). The van der Waals surface area contributed by atoms with Crippen LogP contribution >= 0.6 is 10.7 Å². The molecule has 7 heteroatoms. The van der Waals surface area contributed by atoms with Crippen molar-refractivity contribution in [1.82, 2.24) is 15.1 Å². The third-order valence-corrected chi connectivity index (χ3v) is 4.70. The van der Waals surface area contributed by atoms with Gasteiger partial charge < -0.3 is 9.69 Å². The van der Waals surface area contributed by atoms with E-state index in [-0.39, 0.29) is 12.6 Å². The standard InChI is InChI=1S/C11H16N4O2S/c1-15(6-7-16)11(17)14-18-8-12-13-10(18)9-4-2-3-5-9/h7-9H,2-6H2,1H3/p+1. The van der Waals surface area contributed by atoms with E-state index >= 15 is 0 Å². The highest BCUT2D eigenvalue weighted by atomic mass is 32.2. The van der Waals surface area contributed by atoms with Crippen LogP contribution in [0.5, 0.6) is 0 Å². The zero-order valence-electron chi connectivity index (χ0n) is 10.3. The second-order valence-electron chi connectivity index (χ2n) is 4.43. The van der Waals surface area contributed by atoms with E-state index in [9.17, 15) is 9.59 Å². The molecule has 1 fully saturated rings. The Hall–Kier alpha value is -1.50. The van der Waals surface area contributed by atoms with Gasteiger partial charge in [-0.15, -0.1) is 4.72 Å². The fourth-order valence-corrected chi connectivity index (χ4v) is 3.59. The summed E-state index contributed by atoms with van der Waals surface area (Å²) in [5.74, 6) is 0.451. The van der Waals surface area contributed by atoms with Gasteiger partial charge in [-0.3, -0.25) is 0 Å². The molecule has 1 aromatic heterocycles. The van der Waals surface area contributed by atoms with Crippen LogP contribution in [0.2, 0.25) is 0 Å². The number of aromatic nitrogens is 2. The molecule has 1 aliphatic carbocycles. The van der Waals surface area contributed by atoms with Gasteiger partial charge in [0.1, 0.15) is 16.9 Å². The van der Waals surface area contributed by atoms with Gasteiger partial charge in [-0.05, 0) is 12.8 Å². The van der Waals surface area contributed by atoms with E-state index in [1.807, 2.05) is 0 Å². The van der Waals surface area contributed by atoms with Gasteiger partial charge in [-0.1, -0.05) is 23.0 Å². The molecule has 0 aromatic carbocycles. The molecular formula is C11H17N4O2S+. The van der Waals surface area contributed by atoms with Crippen LogP contribution < -0.4 is 4.72 Å². The number of carbonyl (C=O) groups excluding carboxylic acids is 2. The van der Waals surface area contributed by atoms with Gasteiger partial charge in [0.15, 0.2) is 0 Å². The van der Waals surface area contributed by atoms with Crippen molar-refractivity contribution in [3.63, 3.8) is 0 Å². The smallest absolute Gasteiger partial charge is 0.317 e. The minimum atomic E-state index is -0.508. The maximum absolute atomic E-state index is 11.8. The molecule has 1 aromatic rings. The molecule has 0 bridgehead atoms. The lowest BCUT2D eigenvalue weighted by molar-refractivity contribution is -0.108. The van der Waals surface area contributed by atoms with E-state index in [2.05, 4.69) is 14.9 Å². The summed E-state index contributed by atoms with van der Waals surface area (Å²) in [6.45, 7) is 0.0933. The summed E-state index contributed by atoms with van der Waals surface area (Å²) in [6.07, 6.45) is 5.41. The molecule has 0 aliphatic heterocycles. The Kier molecular flexibility index (Phi) is 4.24. The first-order valence-electron chi connectivity index (χ1n) is 6.02. The Morgan fingerprint density at radius 2 is 2.33 bits per heavy atom. The summed E-state index contributed by atoms with van der Waals surface area (Å²) in [5, 5.41) is 9.06. The Bertz CT molecular complexity index is 428. The van der Waals surface area contributed by atoms with Crippen LogP contribution in [-0.4, -0.2) is 41.0 Å². The summed E-state index contributed by atoms with van der Waals surface area (Å²) in [7, 11) is 1.08. The molecular weight excluding hydrogens is 252 g/mol. The maximum atomic E-state index is 11.8. The summed E-state index contributed by atoms with van der Waals surface area (Å²) >= 11 is 0. The molecule has 1 atom stereocenters. The quantitative estimate of drug-likeness (QED) is 0.666. The Balaban J connectivity index is 2.03. The predicted octanol–water partition coefficient (Wildman–Crippen LogP) is 1.68. The van der Waals surface area contributed by atoms with E-state index in [4.69, 9.17) is 0 Å². The molecule has 0 saturated heterocycles. The van der Waals surface area contributed by atoms with Crippen molar-refractivity contribution in [2.45, 2.75) is 31.6 Å². The Labute approximate surface area is 108 Å².